The van der Waals surface area contributed by atoms with Crippen LogP contribution < -0.4 is 0 Å². The Balaban J connectivity index is 1.83. The monoisotopic (exact) mass is 280 g/mol. The van der Waals surface area contributed by atoms with E-state index in [9.17, 15) is 8.42 Å². The smallest absolute Gasteiger partial charge is 0.259 e. The quantitative estimate of drug-likeness (QED) is 0.797. The molecule has 3 nitrogen and oxygen atoms in total. The van der Waals surface area contributed by atoms with E-state index in [4.69, 9.17) is 4.18 Å². The minimum atomic E-state index is -3.62. The molecule has 2 saturated carbocycles. The van der Waals surface area contributed by atoms with Crippen LogP contribution in [0.4, 0.5) is 0 Å². The van der Waals surface area contributed by atoms with Crippen molar-refractivity contribution >= 4 is 10.1 Å². The topological polar surface area (TPSA) is 43.4 Å². The van der Waals surface area contributed by atoms with Gasteiger partial charge in [-0.25, -0.2) is 0 Å². The summed E-state index contributed by atoms with van der Waals surface area (Å²) in [7, 11) is -3.62. The first-order chi connectivity index (χ1) is 9.02. The molecule has 4 heteroatoms. The molecule has 104 valence electrons. The lowest BCUT2D eigenvalue weighted by molar-refractivity contribution is -0.0931. The highest BCUT2D eigenvalue weighted by Gasteiger charge is 2.51. The van der Waals surface area contributed by atoms with Gasteiger partial charge in [-0.1, -0.05) is 30.5 Å². The van der Waals surface area contributed by atoms with Gasteiger partial charge >= 0.3 is 0 Å². The molecule has 2 unspecified atom stereocenters. The Morgan fingerprint density at radius 1 is 1.11 bits per heavy atom. The van der Waals surface area contributed by atoms with Crippen LogP contribution in [0.3, 0.4) is 0 Å². The molecule has 1 aromatic carbocycles. The van der Waals surface area contributed by atoms with Crippen LogP contribution in [0.1, 0.15) is 44.1 Å². The molecule has 1 aromatic rings. The van der Waals surface area contributed by atoms with E-state index in [-0.39, 0.29) is 10.5 Å². The SMILES string of the molecule is Cc1ccc(S(=O)(=O)OC23CCCCC2CC3)cc1. The van der Waals surface area contributed by atoms with E-state index in [1.165, 1.54) is 6.42 Å². The van der Waals surface area contributed by atoms with E-state index < -0.39 is 10.1 Å². The molecule has 0 N–H and O–H groups in total. The van der Waals surface area contributed by atoms with Gasteiger partial charge in [0.15, 0.2) is 0 Å². The van der Waals surface area contributed by atoms with E-state index in [2.05, 4.69) is 0 Å². The summed E-state index contributed by atoms with van der Waals surface area (Å²) in [6, 6.07) is 6.90. The molecule has 0 aromatic heterocycles. The van der Waals surface area contributed by atoms with Crippen LogP contribution in [0.2, 0.25) is 0 Å². The largest absolute Gasteiger partial charge is 0.297 e. The summed E-state index contributed by atoms with van der Waals surface area (Å²) in [4.78, 5) is 0.281. The molecule has 2 fully saturated rings. The number of benzene rings is 1. The molecule has 0 amide bonds. The summed E-state index contributed by atoms with van der Waals surface area (Å²) in [5.41, 5.74) is 0.665. The van der Waals surface area contributed by atoms with Crippen molar-refractivity contribution in [3.63, 3.8) is 0 Å². The van der Waals surface area contributed by atoms with Gasteiger partial charge < -0.3 is 0 Å². The van der Waals surface area contributed by atoms with Crippen LogP contribution in [0, 0.1) is 12.8 Å². The molecule has 0 heterocycles. The number of hydrogen-bond donors (Lipinski definition) is 0. The minimum Gasteiger partial charge on any atom is -0.259 e. The van der Waals surface area contributed by atoms with Crippen LogP contribution in [-0.2, 0) is 14.3 Å². The zero-order chi connectivity index (χ0) is 13.5. The second-order valence-electron chi connectivity index (χ2n) is 5.90. The fourth-order valence-electron chi connectivity index (χ4n) is 3.34. The van der Waals surface area contributed by atoms with Gasteiger partial charge in [-0.3, -0.25) is 4.18 Å². The van der Waals surface area contributed by atoms with Gasteiger partial charge in [0.25, 0.3) is 10.1 Å². The van der Waals surface area contributed by atoms with Gasteiger partial charge in [0.1, 0.15) is 0 Å². The summed E-state index contributed by atoms with van der Waals surface area (Å²) in [5.74, 6) is 0.446. The number of aryl methyl sites for hydroxylation is 1. The highest BCUT2D eigenvalue weighted by atomic mass is 32.2. The summed E-state index contributed by atoms with van der Waals surface area (Å²) < 4.78 is 30.4. The summed E-state index contributed by atoms with van der Waals surface area (Å²) in [6.45, 7) is 1.94. The van der Waals surface area contributed by atoms with E-state index in [1.54, 1.807) is 12.1 Å². The second-order valence-corrected chi connectivity index (χ2v) is 7.44. The summed E-state index contributed by atoms with van der Waals surface area (Å²) in [6.07, 6.45) is 6.30. The first-order valence-corrected chi connectivity index (χ1v) is 8.45. The third kappa shape index (κ3) is 2.32. The van der Waals surface area contributed by atoms with Crippen molar-refractivity contribution in [3.8, 4) is 0 Å². The fraction of sp³-hybridized carbons (Fsp3) is 0.600. The Morgan fingerprint density at radius 3 is 2.42 bits per heavy atom. The van der Waals surface area contributed by atoms with Crippen LogP contribution in [0.5, 0.6) is 0 Å². The molecule has 2 aliphatic rings. The Morgan fingerprint density at radius 2 is 1.84 bits per heavy atom. The van der Waals surface area contributed by atoms with Crippen molar-refractivity contribution in [3.05, 3.63) is 29.8 Å². The third-order valence-electron chi connectivity index (χ3n) is 4.65. The minimum absolute atomic E-state index is 0.281. The van der Waals surface area contributed by atoms with Crippen LogP contribution in [-0.4, -0.2) is 14.0 Å². The van der Waals surface area contributed by atoms with Crippen molar-refractivity contribution in [1.82, 2.24) is 0 Å². The maximum Gasteiger partial charge on any atom is 0.297 e. The average molecular weight is 280 g/mol. The lowest BCUT2D eigenvalue weighted by Gasteiger charge is -2.51. The van der Waals surface area contributed by atoms with Crippen molar-refractivity contribution in [2.24, 2.45) is 5.92 Å². The maximum atomic E-state index is 12.4. The molecular weight excluding hydrogens is 260 g/mol. The molecule has 0 saturated heterocycles. The predicted molar refractivity (Wildman–Crippen MR) is 73.4 cm³/mol. The van der Waals surface area contributed by atoms with Gasteiger partial charge in [0.2, 0.25) is 0 Å². The Kier molecular flexibility index (Phi) is 3.18. The molecule has 19 heavy (non-hydrogen) atoms. The van der Waals surface area contributed by atoms with Gasteiger partial charge in [0, 0.05) is 0 Å². The van der Waals surface area contributed by atoms with Gasteiger partial charge in [0.05, 0.1) is 10.5 Å². The number of fused-ring (bicyclic) bond motifs is 1. The lowest BCUT2D eigenvalue weighted by Crippen LogP contribution is -2.52. The summed E-state index contributed by atoms with van der Waals surface area (Å²) >= 11 is 0. The Hall–Kier alpha value is -0.870. The van der Waals surface area contributed by atoms with Crippen molar-refractivity contribution < 1.29 is 12.6 Å². The molecule has 0 spiro atoms. The highest BCUT2D eigenvalue weighted by Crippen LogP contribution is 2.52. The van der Waals surface area contributed by atoms with Crippen molar-refractivity contribution in [1.29, 1.82) is 0 Å². The van der Waals surface area contributed by atoms with Crippen LogP contribution in [0.15, 0.2) is 29.2 Å². The average Bonchev–Trinajstić information content (AvgIpc) is 2.34. The normalized spacial score (nSPS) is 30.5. The highest BCUT2D eigenvalue weighted by molar-refractivity contribution is 7.86. The van der Waals surface area contributed by atoms with E-state index in [0.717, 1.165) is 37.7 Å². The van der Waals surface area contributed by atoms with Crippen LogP contribution in [0.25, 0.3) is 0 Å². The van der Waals surface area contributed by atoms with Crippen LogP contribution >= 0.6 is 0 Å². The third-order valence-corrected chi connectivity index (χ3v) is 6.05. The predicted octanol–water partition coefficient (Wildman–Crippen LogP) is 3.42. The van der Waals surface area contributed by atoms with Gasteiger partial charge in [-0.15, -0.1) is 0 Å². The maximum absolute atomic E-state index is 12.4. The van der Waals surface area contributed by atoms with Crippen molar-refractivity contribution in [2.75, 3.05) is 0 Å². The first kappa shape index (κ1) is 13.1. The zero-order valence-electron chi connectivity index (χ0n) is 11.3. The lowest BCUT2D eigenvalue weighted by atomic mass is 9.62. The Labute approximate surface area is 115 Å². The molecule has 2 aliphatic carbocycles. The molecule has 0 bridgehead atoms. The molecule has 0 aliphatic heterocycles. The first-order valence-electron chi connectivity index (χ1n) is 7.04. The number of hydrogen-bond acceptors (Lipinski definition) is 3. The second kappa shape index (κ2) is 4.60. The standard InChI is InChI=1S/C15H20O3S/c1-12-5-7-14(8-6-12)19(16,17)18-15-10-3-2-4-13(15)9-11-15/h5-8,13H,2-4,9-11H2,1H3. The van der Waals surface area contributed by atoms with E-state index >= 15 is 0 Å². The molecule has 2 atom stereocenters. The molecular formula is C15H20O3S. The Bertz CT molecular complexity index is 562. The zero-order valence-corrected chi connectivity index (χ0v) is 12.1. The number of rotatable bonds is 3. The van der Waals surface area contributed by atoms with Crippen molar-refractivity contribution in [2.45, 2.75) is 55.9 Å². The molecule has 0 radical (unpaired) electrons. The molecule has 3 rings (SSSR count). The van der Waals surface area contributed by atoms with Gasteiger partial charge in [-0.05, 0) is 50.7 Å². The van der Waals surface area contributed by atoms with E-state index in [1.807, 2.05) is 19.1 Å². The van der Waals surface area contributed by atoms with E-state index in [0.29, 0.717) is 5.92 Å². The summed E-state index contributed by atoms with van der Waals surface area (Å²) in [5, 5.41) is 0. The fourth-order valence-corrected chi connectivity index (χ4v) is 4.65. The van der Waals surface area contributed by atoms with Gasteiger partial charge in [-0.2, -0.15) is 8.42 Å².